The molecule has 1 amide bonds. The van der Waals surface area contributed by atoms with E-state index in [1.165, 1.54) is 0 Å². The summed E-state index contributed by atoms with van der Waals surface area (Å²) in [4.78, 5) is 11.7. The summed E-state index contributed by atoms with van der Waals surface area (Å²) >= 11 is 0. The summed E-state index contributed by atoms with van der Waals surface area (Å²) in [6, 6.07) is 3.03. The number of halogens is 1. The van der Waals surface area contributed by atoms with Gasteiger partial charge in [-0.1, -0.05) is 27.7 Å². The summed E-state index contributed by atoms with van der Waals surface area (Å²) in [6.07, 6.45) is 0.211. The average molecular weight is 316 g/mol. The van der Waals surface area contributed by atoms with Crippen molar-refractivity contribution in [2.45, 2.75) is 39.0 Å². The Balaban J connectivity index is 2.91. The van der Waals surface area contributed by atoms with Crippen molar-refractivity contribution in [3.8, 4) is 0 Å². The predicted molar refractivity (Wildman–Crippen MR) is 79.6 cm³/mol. The fourth-order valence-corrected chi connectivity index (χ4v) is 2.10. The Labute approximate surface area is 124 Å². The molecule has 118 valence electrons. The third kappa shape index (κ3) is 5.09. The Morgan fingerprint density at radius 2 is 1.95 bits per heavy atom. The molecule has 0 aliphatic carbocycles. The number of carbonyl (C=O) groups is 1. The molecular formula is C14H21FN2O3S. The molecule has 0 bridgehead atoms. The molecule has 5 nitrogen and oxygen atoms in total. The SMILES string of the molecule is CC(CC(=O)Nc1cc(S(N)(=O)=O)ccc1F)C(C)(C)C. The lowest BCUT2D eigenvalue weighted by Crippen LogP contribution is -2.24. The molecule has 1 aromatic rings. The zero-order valence-corrected chi connectivity index (χ0v) is 13.4. The van der Waals surface area contributed by atoms with Crippen LogP contribution in [0.1, 0.15) is 34.1 Å². The maximum Gasteiger partial charge on any atom is 0.238 e. The Morgan fingerprint density at radius 3 is 2.43 bits per heavy atom. The maximum atomic E-state index is 13.6. The van der Waals surface area contributed by atoms with Crippen LogP contribution in [0.3, 0.4) is 0 Å². The number of benzene rings is 1. The van der Waals surface area contributed by atoms with E-state index in [1.54, 1.807) is 0 Å². The lowest BCUT2D eigenvalue weighted by molar-refractivity contribution is -0.117. The quantitative estimate of drug-likeness (QED) is 0.894. The number of anilines is 1. The molecule has 0 spiro atoms. The zero-order chi connectivity index (χ0) is 16.4. The number of rotatable bonds is 4. The number of nitrogens with two attached hydrogens (primary N) is 1. The largest absolute Gasteiger partial charge is 0.324 e. The second kappa shape index (κ2) is 6.11. The Hall–Kier alpha value is -1.47. The molecule has 1 rings (SSSR count). The molecule has 0 aromatic heterocycles. The molecule has 0 saturated carbocycles. The van der Waals surface area contributed by atoms with Gasteiger partial charge in [0.05, 0.1) is 10.6 Å². The van der Waals surface area contributed by atoms with Crippen LogP contribution in [0.4, 0.5) is 10.1 Å². The fourth-order valence-electron chi connectivity index (χ4n) is 1.56. The van der Waals surface area contributed by atoms with E-state index in [-0.39, 0.29) is 34.2 Å². The molecule has 0 heterocycles. The summed E-state index contributed by atoms with van der Waals surface area (Å²) in [7, 11) is -3.94. The van der Waals surface area contributed by atoms with Crippen molar-refractivity contribution in [1.29, 1.82) is 0 Å². The van der Waals surface area contributed by atoms with Crippen molar-refractivity contribution >= 4 is 21.6 Å². The van der Waals surface area contributed by atoms with Gasteiger partial charge in [0.2, 0.25) is 15.9 Å². The van der Waals surface area contributed by atoms with Crippen LogP contribution in [0.2, 0.25) is 0 Å². The van der Waals surface area contributed by atoms with E-state index in [2.05, 4.69) is 5.32 Å². The molecular weight excluding hydrogens is 295 g/mol. The first-order chi connectivity index (χ1) is 9.41. The molecule has 0 aliphatic rings. The number of hydrogen-bond donors (Lipinski definition) is 2. The predicted octanol–water partition coefficient (Wildman–Crippen LogP) is 2.48. The highest BCUT2D eigenvalue weighted by molar-refractivity contribution is 7.89. The van der Waals surface area contributed by atoms with Crippen molar-refractivity contribution in [1.82, 2.24) is 0 Å². The van der Waals surface area contributed by atoms with E-state index in [9.17, 15) is 17.6 Å². The second-order valence-corrected chi connectivity index (χ2v) is 7.77. The van der Waals surface area contributed by atoms with Crippen molar-refractivity contribution in [2.24, 2.45) is 16.5 Å². The third-order valence-corrected chi connectivity index (χ3v) is 4.42. The van der Waals surface area contributed by atoms with Crippen LogP contribution >= 0.6 is 0 Å². The molecule has 0 radical (unpaired) electrons. The molecule has 3 N–H and O–H groups in total. The summed E-state index contributed by atoms with van der Waals surface area (Å²) in [5, 5.41) is 7.37. The van der Waals surface area contributed by atoms with E-state index in [0.29, 0.717) is 0 Å². The van der Waals surface area contributed by atoms with Gasteiger partial charge in [0, 0.05) is 6.42 Å². The Bertz CT molecular complexity index is 636. The molecule has 0 aliphatic heterocycles. The minimum Gasteiger partial charge on any atom is -0.324 e. The standard InChI is InChI=1S/C14H21FN2O3S/c1-9(14(2,3)4)7-13(18)17-12-8-10(21(16,19)20)5-6-11(12)15/h5-6,8-9H,7H2,1-4H3,(H,17,18)(H2,16,19,20). The fraction of sp³-hybridized carbons (Fsp3) is 0.500. The number of primary sulfonamides is 1. The number of amides is 1. The highest BCUT2D eigenvalue weighted by Gasteiger charge is 2.23. The second-order valence-electron chi connectivity index (χ2n) is 6.21. The van der Waals surface area contributed by atoms with Gasteiger partial charge < -0.3 is 5.32 Å². The monoisotopic (exact) mass is 316 g/mol. The zero-order valence-electron chi connectivity index (χ0n) is 12.6. The minimum atomic E-state index is -3.94. The van der Waals surface area contributed by atoms with Crippen LogP contribution in [0.25, 0.3) is 0 Å². The topological polar surface area (TPSA) is 89.3 Å². The van der Waals surface area contributed by atoms with Gasteiger partial charge in [-0.3, -0.25) is 4.79 Å². The summed E-state index contributed by atoms with van der Waals surface area (Å²) < 4.78 is 36.1. The molecule has 0 saturated heterocycles. The average Bonchev–Trinajstić information content (AvgIpc) is 2.29. The number of sulfonamides is 1. The normalized spacial score (nSPS) is 13.8. The molecule has 1 unspecified atom stereocenters. The van der Waals surface area contributed by atoms with Gasteiger partial charge in [0.25, 0.3) is 0 Å². The smallest absolute Gasteiger partial charge is 0.238 e. The molecule has 1 atom stereocenters. The van der Waals surface area contributed by atoms with Gasteiger partial charge in [0.1, 0.15) is 5.82 Å². The van der Waals surface area contributed by atoms with E-state index in [1.807, 2.05) is 27.7 Å². The van der Waals surface area contributed by atoms with Crippen LogP contribution in [-0.2, 0) is 14.8 Å². The first-order valence-electron chi connectivity index (χ1n) is 6.53. The Kier molecular flexibility index (Phi) is 5.11. The van der Waals surface area contributed by atoms with Crippen molar-refractivity contribution in [3.05, 3.63) is 24.0 Å². The molecule has 21 heavy (non-hydrogen) atoms. The van der Waals surface area contributed by atoms with Gasteiger partial charge in [-0.2, -0.15) is 0 Å². The highest BCUT2D eigenvalue weighted by atomic mass is 32.2. The summed E-state index contributed by atoms with van der Waals surface area (Å²) in [5.74, 6) is -0.996. The van der Waals surface area contributed by atoms with Crippen molar-refractivity contribution < 1.29 is 17.6 Å². The van der Waals surface area contributed by atoms with Gasteiger partial charge in [-0.15, -0.1) is 0 Å². The molecule has 0 fully saturated rings. The van der Waals surface area contributed by atoms with Crippen LogP contribution in [0, 0.1) is 17.2 Å². The van der Waals surface area contributed by atoms with E-state index < -0.39 is 15.8 Å². The van der Waals surface area contributed by atoms with Crippen LogP contribution in [0.5, 0.6) is 0 Å². The maximum absolute atomic E-state index is 13.6. The lowest BCUT2D eigenvalue weighted by atomic mass is 9.80. The van der Waals surface area contributed by atoms with E-state index in [4.69, 9.17) is 5.14 Å². The first-order valence-corrected chi connectivity index (χ1v) is 8.08. The third-order valence-electron chi connectivity index (χ3n) is 3.51. The van der Waals surface area contributed by atoms with Gasteiger partial charge in [0.15, 0.2) is 0 Å². The van der Waals surface area contributed by atoms with Crippen molar-refractivity contribution in [2.75, 3.05) is 5.32 Å². The van der Waals surface area contributed by atoms with Gasteiger partial charge >= 0.3 is 0 Å². The summed E-state index contributed by atoms with van der Waals surface area (Å²) in [6.45, 7) is 7.95. The number of hydrogen-bond acceptors (Lipinski definition) is 3. The Morgan fingerprint density at radius 1 is 1.38 bits per heavy atom. The van der Waals surface area contributed by atoms with Crippen molar-refractivity contribution in [3.63, 3.8) is 0 Å². The number of carbonyl (C=O) groups excluding carboxylic acids is 1. The highest BCUT2D eigenvalue weighted by Crippen LogP contribution is 2.28. The minimum absolute atomic E-state index is 0.0572. The lowest BCUT2D eigenvalue weighted by Gasteiger charge is -2.26. The van der Waals surface area contributed by atoms with E-state index >= 15 is 0 Å². The molecule has 1 aromatic carbocycles. The van der Waals surface area contributed by atoms with E-state index in [0.717, 1.165) is 18.2 Å². The first kappa shape index (κ1) is 17.6. The van der Waals surface area contributed by atoms with Gasteiger partial charge in [-0.05, 0) is 29.5 Å². The van der Waals surface area contributed by atoms with Crippen LogP contribution < -0.4 is 10.5 Å². The number of nitrogens with one attached hydrogen (secondary N) is 1. The molecule has 7 heteroatoms. The van der Waals surface area contributed by atoms with Crippen LogP contribution in [0.15, 0.2) is 23.1 Å². The van der Waals surface area contributed by atoms with Gasteiger partial charge in [-0.25, -0.2) is 17.9 Å². The summed E-state index contributed by atoms with van der Waals surface area (Å²) in [5.41, 5.74) is -0.245. The van der Waals surface area contributed by atoms with Crippen LogP contribution in [-0.4, -0.2) is 14.3 Å².